The Morgan fingerprint density at radius 2 is 1.71 bits per heavy atom. The molecule has 4 N–H and O–H groups in total. The maximum atomic E-state index is 13.5. The largest absolute Gasteiger partial charge is 0.343 e. The van der Waals surface area contributed by atoms with E-state index in [1.54, 1.807) is 11.8 Å². The summed E-state index contributed by atoms with van der Waals surface area (Å²) in [4.78, 5) is 40.6. The fourth-order valence-corrected chi connectivity index (χ4v) is 4.35. The molecule has 1 saturated heterocycles. The summed E-state index contributed by atoms with van der Waals surface area (Å²) in [6.07, 6.45) is 1.62. The predicted molar refractivity (Wildman–Crippen MR) is 133 cm³/mol. The minimum absolute atomic E-state index is 0.224. The highest BCUT2D eigenvalue weighted by atomic mass is 16.2. The second kappa shape index (κ2) is 10.5. The van der Waals surface area contributed by atoms with Gasteiger partial charge >= 0.3 is 0 Å². The molecule has 1 heterocycles. The average Bonchev–Trinajstić information content (AvgIpc) is 3.34. The Balaban J connectivity index is 1.50. The molecule has 3 amide bonds. The van der Waals surface area contributed by atoms with Crippen molar-refractivity contribution >= 4 is 34.2 Å². The van der Waals surface area contributed by atoms with Gasteiger partial charge in [-0.3, -0.25) is 14.4 Å². The first-order valence-electron chi connectivity index (χ1n) is 11.6. The number of amides is 3. The number of fused-ring (bicyclic) bond motifs is 1. The molecule has 3 aromatic rings. The third kappa shape index (κ3) is 5.43. The Morgan fingerprint density at radius 3 is 2.44 bits per heavy atom. The van der Waals surface area contributed by atoms with E-state index in [1.165, 1.54) is 0 Å². The van der Waals surface area contributed by atoms with E-state index in [0.29, 0.717) is 25.1 Å². The van der Waals surface area contributed by atoms with Crippen LogP contribution in [0.5, 0.6) is 0 Å². The highest BCUT2D eigenvalue weighted by molar-refractivity contribution is 6.00. The van der Waals surface area contributed by atoms with Crippen molar-refractivity contribution in [3.05, 3.63) is 78.4 Å². The van der Waals surface area contributed by atoms with E-state index in [1.807, 2.05) is 72.8 Å². The van der Waals surface area contributed by atoms with Gasteiger partial charge in [0.2, 0.25) is 17.7 Å². The molecule has 0 aliphatic carbocycles. The van der Waals surface area contributed by atoms with Crippen LogP contribution in [0.2, 0.25) is 0 Å². The second-order valence-electron chi connectivity index (χ2n) is 8.78. The fraction of sp³-hybridized carbons (Fsp3) is 0.296. The Bertz CT molecular complexity index is 1180. The molecular weight excluding hydrogens is 428 g/mol. The van der Waals surface area contributed by atoms with Gasteiger partial charge in [-0.1, -0.05) is 60.7 Å². The molecule has 0 bridgehead atoms. The van der Waals surface area contributed by atoms with Crippen molar-refractivity contribution in [2.24, 2.45) is 5.73 Å². The lowest BCUT2D eigenvalue weighted by molar-refractivity contribution is -0.140. The number of hydrogen-bond acceptors (Lipinski definition) is 4. The van der Waals surface area contributed by atoms with Crippen LogP contribution in [0.15, 0.2) is 72.8 Å². The van der Waals surface area contributed by atoms with Crippen LogP contribution in [0.3, 0.4) is 0 Å². The molecule has 1 fully saturated rings. The van der Waals surface area contributed by atoms with E-state index < -0.39 is 24.0 Å². The van der Waals surface area contributed by atoms with Crippen LogP contribution in [-0.4, -0.2) is 47.3 Å². The van der Waals surface area contributed by atoms with E-state index in [2.05, 4.69) is 10.6 Å². The van der Waals surface area contributed by atoms with Crippen LogP contribution in [0.4, 0.5) is 5.69 Å². The smallest absolute Gasteiger partial charge is 0.247 e. The summed E-state index contributed by atoms with van der Waals surface area (Å²) in [5.41, 5.74) is 7.34. The van der Waals surface area contributed by atoms with Crippen molar-refractivity contribution in [1.82, 2.24) is 10.2 Å². The van der Waals surface area contributed by atoms with Gasteiger partial charge in [0.05, 0.1) is 6.04 Å². The second-order valence-corrected chi connectivity index (χ2v) is 8.78. The SMILES string of the molecule is C[C@@H](N)C(=O)N[C@H](Cc1ccccc1)C(=O)N1CCC[C@@H]1C(=O)Nc1ccc2ccccc2c1. The average molecular weight is 459 g/mol. The Kier molecular flexibility index (Phi) is 7.23. The van der Waals surface area contributed by atoms with Gasteiger partial charge in [0.1, 0.15) is 12.1 Å². The highest BCUT2D eigenvalue weighted by Crippen LogP contribution is 2.23. The molecule has 176 valence electrons. The van der Waals surface area contributed by atoms with E-state index in [-0.39, 0.29) is 11.8 Å². The third-order valence-electron chi connectivity index (χ3n) is 6.17. The van der Waals surface area contributed by atoms with E-state index in [9.17, 15) is 14.4 Å². The summed E-state index contributed by atoms with van der Waals surface area (Å²) in [6.45, 7) is 2.04. The van der Waals surface area contributed by atoms with E-state index in [0.717, 1.165) is 22.8 Å². The van der Waals surface area contributed by atoms with Gasteiger partial charge < -0.3 is 21.3 Å². The Morgan fingerprint density at radius 1 is 1.00 bits per heavy atom. The molecule has 0 unspecified atom stereocenters. The maximum Gasteiger partial charge on any atom is 0.247 e. The van der Waals surface area contributed by atoms with Crippen LogP contribution in [0.25, 0.3) is 10.8 Å². The van der Waals surface area contributed by atoms with Crippen LogP contribution in [0.1, 0.15) is 25.3 Å². The van der Waals surface area contributed by atoms with Gasteiger partial charge in [-0.2, -0.15) is 0 Å². The summed E-state index contributed by atoms with van der Waals surface area (Å²) in [5.74, 6) is -0.891. The molecule has 4 rings (SSSR count). The number of hydrogen-bond donors (Lipinski definition) is 3. The number of carbonyl (C=O) groups is 3. The number of nitrogens with two attached hydrogens (primary N) is 1. The molecule has 7 heteroatoms. The van der Waals surface area contributed by atoms with Crippen LogP contribution in [0, 0.1) is 0 Å². The number of likely N-dealkylation sites (tertiary alicyclic amines) is 1. The molecule has 34 heavy (non-hydrogen) atoms. The first-order chi connectivity index (χ1) is 16.4. The van der Waals surface area contributed by atoms with Crippen molar-refractivity contribution in [3.63, 3.8) is 0 Å². The zero-order chi connectivity index (χ0) is 24.1. The van der Waals surface area contributed by atoms with Gasteiger partial charge in [0, 0.05) is 18.7 Å². The van der Waals surface area contributed by atoms with Gasteiger partial charge in [0.25, 0.3) is 0 Å². The molecule has 0 radical (unpaired) electrons. The first kappa shape index (κ1) is 23.4. The van der Waals surface area contributed by atoms with Crippen LogP contribution in [-0.2, 0) is 20.8 Å². The number of anilines is 1. The minimum Gasteiger partial charge on any atom is -0.343 e. The van der Waals surface area contributed by atoms with Crippen molar-refractivity contribution < 1.29 is 14.4 Å². The molecule has 7 nitrogen and oxygen atoms in total. The number of rotatable bonds is 7. The van der Waals surface area contributed by atoms with Crippen molar-refractivity contribution in [2.45, 2.75) is 44.3 Å². The molecule has 1 aliphatic rings. The van der Waals surface area contributed by atoms with Crippen molar-refractivity contribution in [3.8, 4) is 0 Å². The Labute approximate surface area is 199 Å². The predicted octanol–water partition coefficient (Wildman–Crippen LogP) is 2.84. The first-order valence-corrected chi connectivity index (χ1v) is 11.6. The van der Waals surface area contributed by atoms with Gasteiger partial charge in [-0.25, -0.2) is 0 Å². The zero-order valence-electron chi connectivity index (χ0n) is 19.2. The van der Waals surface area contributed by atoms with Gasteiger partial charge in [-0.15, -0.1) is 0 Å². The molecule has 0 spiro atoms. The fourth-order valence-electron chi connectivity index (χ4n) is 4.35. The van der Waals surface area contributed by atoms with Crippen molar-refractivity contribution in [1.29, 1.82) is 0 Å². The lowest BCUT2D eigenvalue weighted by Gasteiger charge is -2.29. The number of benzene rings is 3. The summed E-state index contributed by atoms with van der Waals surface area (Å²) < 4.78 is 0. The summed E-state index contributed by atoms with van der Waals surface area (Å²) in [6, 6.07) is 21.0. The monoisotopic (exact) mass is 458 g/mol. The van der Waals surface area contributed by atoms with Gasteiger partial charge in [0.15, 0.2) is 0 Å². The standard InChI is InChI=1S/C27H30N4O3/c1-18(28)25(32)30-23(16-19-8-3-2-4-9-19)27(34)31-15-7-12-24(31)26(33)29-22-14-13-20-10-5-6-11-21(20)17-22/h2-6,8-11,13-14,17-18,23-24H,7,12,15-16,28H2,1H3,(H,29,33)(H,30,32)/t18-,23-,24-/m1/s1. The summed E-state index contributed by atoms with van der Waals surface area (Å²) in [7, 11) is 0. The topological polar surface area (TPSA) is 105 Å². The molecular formula is C27H30N4O3. The van der Waals surface area contributed by atoms with Gasteiger partial charge in [-0.05, 0) is 48.2 Å². The number of carbonyl (C=O) groups excluding carboxylic acids is 3. The van der Waals surface area contributed by atoms with E-state index >= 15 is 0 Å². The summed E-state index contributed by atoms with van der Waals surface area (Å²) >= 11 is 0. The summed E-state index contributed by atoms with van der Waals surface area (Å²) in [5, 5.41) is 7.87. The molecule has 0 saturated carbocycles. The lowest BCUT2D eigenvalue weighted by atomic mass is 10.0. The molecule has 3 atom stereocenters. The normalized spacial score (nSPS) is 17.2. The van der Waals surface area contributed by atoms with E-state index in [4.69, 9.17) is 5.73 Å². The molecule has 0 aromatic heterocycles. The van der Waals surface area contributed by atoms with Crippen LogP contribution >= 0.6 is 0 Å². The maximum absolute atomic E-state index is 13.5. The Hall–Kier alpha value is -3.71. The van der Waals surface area contributed by atoms with Crippen LogP contribution < -0.4 is 16.4 Å². The molecule has 3 aromatic carbocycles. The minimum atomic E-state index is -0.796. The lowest BCUT2D eigenvalue weighted by Crippen LogP contribution is -2.55. The quantitative estimate of drug-likeness (QED) is 0.506. The highest BCUT2D eigenvalue weighted by Gasteiger charge is 2.38. The molecule has 1 aliphatic heterocycles. The third-order valence-corrected chi connectivity index (χ3v) is 6.17. The zero-order valence-corrected chi connectivity index (χ0v) is 19.2. The van der Waals surface area contributed by atoms with Crippen molar-refractivity contribution in [2.75, 3.05) is 11.9 Å². The number of nitrogens with one attached hydrogen (secondary N) is 2. The number of nitrogens with zero attached hydrogens (tertiary/aromatic N) is 1.